The van der Waals surface area contributed by atoms with Crippen molar-refractivity contribution in [1.82, 2.24) is 20.4 Å². The zero-order chi connectivity index (χ0) is 20.6. The van der Waals surface area contributed by atoms with Crippen LogP contribution < -0.4 is 10.6 Å². The Kier molecular flexibility index (Phi) is 4.94. The maximum atomic E-state index is 13.3. The normalized spacial score (nSPS) is 26.7. The van der Waals surface area contributed by atoms with E-state index in [4.69, 9.17) is 0 Å². The van der Waals surface area contributed by atoms with Gasteiger partial charge < -0.3 is 15.7 Å². The van der Waals surface area contributed by atoms with Crippen molar-refractivity contribution >= 4 is 11.8 Å². The van der Waals surface area contributed by atoms with Crippen LogP contribution in [0.15, 0.2) is 36.4 Å². The van der Waals surface area contributed by atoms with Crippen molar-refractivity contribution < 1.29 is 14.7 Å². The van der Waals surface area contributed by atoms with Gasteiger partial charge in [-0.1, -0.05) is 30.3 Å². The van der Waals surface area contributed by atoms with Crippen molar-refractivity contribution in [1.29, 1.82) is 0 Å². The molecule has 7 nitrogen and oxygen atoms in total. The van der Waals surface area contributed by atoms with Crippen molar-refractivity contribution in [2.45, 2.75) is 62.6 Å². The Morgan fingerprint density at radius 2 is 1.69 bits per heavy atom. The van der Waals surface area contributed by atoms with Crippen LogP contribution in [0.25, 0.3) is 0 Å². The van der Waals surface area contributed by atoms with Gasteiger partial charge in [0.1, 0.15) is 5.69 Å². The van der Waals surface area contributed by atoms with Crippen LogP contribution in [0.2, 0.25) is 0 Å². The Balaban J connectivity index is 1.64. The van der Waals surface area contributed by atoms with Gasteiger partial charge in [-0.2, -0.15) is 5.10 Å². The lowest BCUT2D eigenvalue weighted by atomic mass is 9.63. The SMILES string of the molecule is CNC(=O)c1cc(C(=O)NC23CCC(O)(CC2)CC3)n([C@@H](C)c2ccccc2)n1. The monoisotopic (exact) mass is 396 g/mol. The number of hydrogen-bond donors (Lipinski definition) is 3. The molecule has 3 saturated carbocycles. The van der Waals surface area contributed by atoms with Crippen LogP contribution >= 0.6 is 0 Å². The lowest BCUT2D eigenvalue weighted by molar-refractivity contribution is -0.0702. The van der Waals surface area contributed by atoms with Gasteiger partial charge >= 0.3 is 0 Å². The van der Waals surface area contributed by atoms with E-state index in [1.54, 1.807) is 17.8 Å². The fourth-order valence-corrected chi connectivity index (χ4v) is 4.63. The third-order valence-electron chi connectivity index (χ3n) is 6.66. The van der Waals surface area contributed by atoms with E-state index in [1.165, 1.54) is 0 Å². The summed E-state index contributed by atoms with van der Waals surface area (Å²) >= 11 is 0. The molecular weight excluding hydrogens is 368 g/mol. The molecule has 154 valence electrons. The molecule has 2 bridgehead atoms. The third kappa shape index (κ3) is 3.67. The van der Waals surface area contributed by atoms with Gasteiger partial charge in [0.25, 0.3) is 11.8 Å². The summed E-state index contributed by atoms with van der Waals surface area (Å²) in [4.78, 5) is 25.5. The number of amides is 2. The molecule has 3 N–H and O–H groups in total. The number of aromatic nitrogens is 2. The minimum Gasteiger partial charge on any atom is -0.390 e. The number of rotatable bonds is 5. The quantitative estimate of drug-likeness (QED) is 0.723. The van der Waals surface area contributed by atoms with Crippen LogP contribution in [0.3, 0.4) is 0 Å². The van der Waals surface area contributed by atoms with Crippen molar-refractivity contribution in [2.24, 2.45) is 0 Å². The van der Waals surface area contributed by atoms with Crippen molar-refractivity contribution in [3.63, 3.8) is 0 Å². The average molecular weight is 396 g/mol. The van der Waals surface area contributed by atoms with Gasteiger partial charge in [0, 0.05) is 18.7 Å². The van der Waals surface area contributed by atoms with Gasteiger partial charge in [-0.05, 0) is 51.0 Å². The van der Waals surface area contributed by atoms with Gasteiger partial charge in [0.2, 0.25) is 0 Å². The van der Waals surface area contributed by atoms with E-state index in [2.05, 4.69) is 15.7 Å². The zero-order valence-electron chi connectivity index (χ0n) is 16.9. The summed E-state index contributed by atoms with van der Waals surface area (Å²) in [5.74, 6) is -0.542. The summed E-state index contributed by atoms with van der Waals surface area (Å²) in [6.07, 6.45) is 4.49. The van der Waals surface area contributed by atoms with Gasteiger partial charge in [-0.25, -0.2) is 0 Å². The molecule has 2 amide bonds. The number of nitrogens with zero attached hydrogens (tertiary/aromatic N) is 2. The smallest absolute Gasteiger partial charge is 0.271 e. The fraction of sp³-hybridized carbons (Fsp3) is 0.500. The number of benzene rings is 1. The van der Waals surface area contributed by atoms with E-state index in [9.17, 15) is 14.7 Å². The molecule has 1 aromatic heterocycles. The summed E-state index contributed by atoms with van der Waals surface area (Å²) in [7, 11) is 1.55. The first-order valence-electron chi connectivity index (χ1n) is 10.3. The number of hydrogen-bond acceptors (Lipinski definition) is 4. The van der Waals surface area contributed by atoms with Gasteiger partial charge in [-0.3, -0.25) is 14.3 Å². The Labute approximate surface area is 170 Å². The minimum absolute atomic E-state index is 0.198. The highest BCUT2D eigenvalue weighted by atomic mass is 16.3. The lowest BCUT2D eigenvalue weighted by Crippen LogP contribution is -2.58. The summed E-state index contributed by atoms with van der Waals surface area (Å²) in [5.41, 5.74) is 0.773. The second kappa shape index (κ2) is 7.30. The van der Waals surface area contributed by atoms with Crippen molar-refractivity contribution in [2.75, 3.05) is 7.05 Å². The minimum atomic E-state index is -0.553. The first-order chi connectivity index (χ1) is 13.8. The summed E-state index contributed by atoms with van der Waals surface area (Å²) < 4.78 is 1.63. The van der Waals surface area contributed by atoms with Gasteiger partial charge in [0.05, 0.1) is 11.6 Å². The van der Waals surface area contributed by atoms with E-state index in [1.807, 2.05) is 37.3 Å². The number of aliphatic hydroxyl groups is 1. The highest BCUT2D eigenvalue weighted by Crippen LogP contribution is 2.46. The van der Waals surface area contributed by atoms with Crippen LogP contribution in [0.1, 0.15) is 78.0 Å². The Morgan fingerprint density at radius 3 is 2.28 bits per heavy atom. The molecule has 3 fully saturated rings. The molecule has 0 saturated heterocycles. The first kappa shape index (κ1) is 19.6. The number of fused-ring (bicyclic) bond motifs is 3. The molecule has 5 rings (SSSR count). The fourth-order valence-electron chi connectivity index (χ4n) is 4.63. The highest BCUT2D eigenvalue weighted by molar-refractivity contribution is 5.98. The molecule has 0 radical (unpaired) electrons. The maximum absolute atomic E-state index is 13.3. The second-order valence-electron chi connectivity index (χ2n) is 8.48. The maximum Gasteiger partial charge on any atom is 0.271 e. The number of nitrogens with one attached hydrogen (secondary N) is 2. The lowest BCUT2D eigenvalue weighted by Gasteiger charge is -2.51. The Bertz CT molecular complexity index is 897. The number of carbonyl (C=O) groups excluding carboxylic acids is 2. The molecule has 0 unspecified atom stereocenters. The van der Waals surface area contributed by atoms with Crippen LogP contribution in [0.4, 0.5) is 0 Å². The third-order valence-corrected chi connectivity index (χ3v) is 6.66. The van der Waals surface area contributed by atoms with E-state index in [-0.39, 0.29) is 29.1 Å². The summed E-state index contributed by atoms with van der Waals surface area (Å²) in [6.45, 7) is 1.96. The predicted octanol–water partition coefficient (Wildman–Crippen LogP) is 2.42. The van der Waals surface area contributed by atoms with Gasteiger partial charge in [0.15, 0.2) is 5.69 Å². The Hall–Kier alpha value is -2.67. The molecule has 0 aliphatic heterocycles. The second-order valence-corrected chi connectivity index (χ2v) is 8.48. The zero-order valence-corrected chi connectivity index (χ0v) is 16.9. The van der Waals surface area contributed by atoms with Crippen molar-refractivity contribution in [3.8, 4) is 0 Å². The van der Waals surface area contributed by atoms with E-state index in [0.29, 0.717) is 5.69 Å². The van der Waals surface area contributed by atoms with Crippen LogP contribution in [-0.4, -0.2) is 44.9 Å². The molecule has 3 aliphatic rings. The molecule has 1 heterocycles. The molecular formula is C22H28N4O3. The largest absolute Gasteiger partial charge is 0.390 e. The van der Waals surface area contributed by atoms with Crippen molar-refractivity contribution in [3.05, 3.63) is 53.3 Å². The molecule has 0 spiro atoms. The Morgan fingerprint density at radius 1 is 1.07 bits per heavy atom. The van der Waals surface area contributed by atoms with Crippen LogP contribution in [-0.2, 0) is 0 Å². The molecule has 7 heteroatoms. The highest BCUT2D eigenvalue weighted by Gasteiger charge is 2.48. The molecule has 3 aliphatic carbocycles. The summed E-state index contributed by atoms with van der Waals surface area (Å²) in [5, 5.41) is 20.7. The van der Waals surface area contributed by atoms with E-state index >= 15 is 0 Å². The average Bonchev–Trinajstić information content (AvgIpc) is 3.20. The standard InChI is InChI=1S/C22H28N4O3/c1-15(16-6-4-3-5-7-16)26-18(14-17(25-26)19(27)23-2)20(28)24-21-8-11-22(29,12-9-21)13-10-21/h3-7,14-15,29H,8-13H2,1-2H3,(H,23,27)(H,24,28)/t15-,21?,22?/m0/s1. The molecule has 1 aromatic carbocycles. The number of carbonyl (C=O) groups is 2. The van der Waals surface area contributed by atoms with Crippen LogP contribution in [0.5, 0.6) is 0 Å². The molecule has 29 heavy (non-hydrogen) atoms. The first-order valence-corrected chi connectivity index (χ1v) is 10.3. The molecule has 2 aromatic rings. The van der Waals surface area contributed by atoms with E-state index < -0.39 is 5.60 Å². The molecule has 1 atom stereocenters. The topological polar surface area (TPSA) is 96.3 Å². The van der Waals surface area contributed by atoms with Crippen LogP contribution in [0, 0.1) is 0 Å². The summed E-state index contributed by atoms with van der Waals surface area (Å²) in [6, 6.07) is 11.2. The van der Waals surface area contributed by atoms with Gasteiger partial charge in [-0.15, -0.1) is 0 Å². The van der Waals surface area contributed by atoms with E-state index in [0.717, 1.165) is 44.1 Å². The predicted molar refractivity (Wildman–Crippen MR) is 109 cm³/mol.